The molecule has 1 saturated carbocycles. The Bertz CT molecular complexity index is 801. The van der Waals surface area contributed by atoms with Crippen molar-refractivity contribution in [1.82, 2.24) is 0 Å². The van der Waals surface area contributed by atoms with Crippen molar-refractivity contribution in [2.24, 2.45) is 5.92 Å². The molecule has 3 aliphatic carbocycles. The third kappa shape index (κ3) is 1.54. The van der Waals surface area contributed by atoms with Gasteiger partial charge in [0, 0.05) is 10.8 Å². The van der Waals surface area contributed by atoms with Crippen molar-refractivity contribution in [2.45, 2.75) is 43.9 Å². The lowest BCUT2D eigenvalue weighted by molar-refractivity contribution is 0.270. The fourth-order valence-electron chi connectivity index (χ4n) is 5.44. The highest BCUT2D eigenvalue weighted by molar-refractivity contribution is 5.90. The average molecular weight is 290 g/mol. The van der Waals surface area contributed by atoms with Crippen molar-refractivity contribution in [3.8, 4) is 5.75 Å². The van der Waals surface area contributed by atoms with Crippen molar-refractivity contribution in [3.05, 3.63) is 53.1 Å². The van der Waals surface area contributed by atoms with Gasteiger partial charge in [0.2, 0.25) is 0 Å². The largest absolute Gasteiger partial charge is 0.496 e. The SMILES string of the molecule is COc1cccc2cc3c(cc12)C1(CCC3)CC2=CCC1C2. The lowest BCUT2D eigenvalue weighted by atomic mass is 9.62. The van der Waals surface area contributed by atoms with Gasteiger partial charge in [0.1, 0.15) is 5.75 Å². The molecule has 2 unspecified atom stereocenters. The van der Waals surface area contributed by atoms with Crippen LogP contribution in [0.5, 0.6) is 5.75 Å². The van der Waals surface area contributed by atoms with E-state index in [0.717, 1.165) is 11.7 Å². The number of fused-ring (bicyclic) bond motifs is 6. The summed E-state index contributed by atoms with van der Waals surface area (Å²) in [5.74, 6) is 1.87. The van der Waals surface area contributed by atoms with E-state index in [1.54, 1.807) is 23.8 Å². The molecule has 3 aliphatic rings. The molecule has 1 fully saturated rings. The van der Waals surface area contributed by atoms with E-state index in [1.165, 1.54) is 49.3 Å². The second-order valence-electron chi connectivity index (χ2n) is 7.38. The predicted octanol–water partition coefficient (Wildman–Crippen LogP) is 5.16. The van der Waals surface area contributed by atoms with Crippen molar-refractivity contribution in [2.75, 3.05) is 7.11 Å². The van der Waals surface area contributed by atoms with Gasteiger partial charge in [0.25, 0.3) is 0 Å². The van der Waals surface area contributed by atoms with Crippen LogP contribution >= 0.6 is 0 Å². The Morgan fingerprint density at radius 3 is 2.95 bits per heavy atom. The van der Waals surface area contributed by atoms with Crippen molar-refractivity contribution < 1.29 is 4.74 Å². The van der Waals surface area contributed by atoms with Gasteiger partial charge >= 0.3 is 0 Å². The lowest BCUT2D eigenvalue weighted by Crippen LogP contribution is -2.35. The van der Waals surface area contributed by atoms with Gasteiger partial charge in [0.15, 0.2) is 0 Å². The van der Waals surface area contributed by atoms with Gasteiger partial charge in [-0.2, -0.15) is 0 Å². The number of hydrogen-bond donors (Lipinski definition) is 0. The maximum Gasteiger partial charge on any atom is 0.126 e. The number of benzene rings is 2. The molecule has 0 radical (unpaired) electrons. The lowest BCUT2D eigenvalue weighted by Gasteiger charge is -2.42. The van der Waals surface area contributed by atoms with Crippen molar-refractivity contribution >= 4 is 10.8 Å². The van der Waals surface area contributed by atoms with Gasteiger partial charge < -0.3 is 4.74 Å². The summed E-state index contributed by atoms with van der Waals surface area (Å²) in [6.45, 7) is 0. The number of aryl methyl sites for hydroxylation is 1. The zero-order valence-electron chi connectivity index (χ0n) is 13.2. The molecular weight excluding hydrogens is 268 g/mol. The first-order chi connectivity index (χ1) is 10.8. The summed E-state index contributed by atoms with van der Waals surface area (Å²) in [4.78, 5) is 0. The van der Waals surface area contributed by atoms with Crippen LogP contribution in [0.25, 0.3) is 10.8 Å². The minimum Gasteiger partial charge on any atom is -0.496 e. The fraction of sp³-hybridized carbons (Fsp3) is 0.429. The zero-order chi connectivity index (χ0) is 14.7. The highest BCUT2D eigenvalue weighted by Gasteiger charge is 2.49. The van der Waals surface area contributed by atoms with Crippen molar-refractivity contribution in [3.63, 3.8) is 0 Å². The molecule has 2 aromatic carbocycles. The molecule has 0 saturated heterocycles. The van der Waals surface area contributed by atoms with Gasteiger partial charge in [-0.15, -0.1) is 0 Å². The Morgan fingerprint density at radius 2 is 2.18 bits per heavy atom. The summed E-state index contributed by atoms with van der Waals surface area (Å²) >= 11 is 0. The Morgan fingerprint density at radius 1 is 1.23 bits per heavy atom. The Labute approximate surface area is 132 Å². The highest BCUT2D eigenvalue weighted by Crippen LogP contribution is 2.59. The molecule has 0 aromatic heterocycles. The zero-order valence-corrected chi connectivity index (χ0v) is 13.2. The standard InChI is InChI=1S/C21H22O/c1-22-20-6-2-4-15-11-16-5-3-9-21(19(16)12-18(15)20)13-14-7-8-17(21)10-14/h2,4,6-7,11-12,17H,3,5,8-10,13H2,1H3. The Hall–Kier alpha value is -1.76. The molecule has 0 N–H and O–H groups in total. The van der Waals surface area contributed by atoms with E-state index < -0.39 is 0 Å². The van der Waals surface area contributed by atoms with Gasteiger partial charge in [0.05, 0.1) is 7.11 Å². The molecule has 0 aliphatic heterocycles. The normalized spacial score (nSPS) is 29.0. The van der Waals surface area contributed by atoms with Crippen LogP contribution in [-0.2, 0) is 11.8 Å². The molecule has 2 aromatic rings. The van der Waals surface area contributed by atoms with Gasteiger partial charge in [-0.3, -0.25) is 0 Å². The van der Waals surface area contributed by atoms with Crippen LogP contribution < -0.4 is 4.74 Å². The van der Waals surface area contributed by atoms with E-state index in [2.05, 4.69) is 36.4 Å². The van der Waals surface area contributed by atoms with Crippen LogP contribution in [0.1, 0.15) is 43.2 Å². The second kappa shape index (κ2) is 4.38. The highest BCUT2D eigenvalue weighted by atomic mass is 16.5. The maximum atomic E-state index is 5.62. The van der Waals surface area contributed by atoms with E-state index in [4.69, 9.17) is 4.74 Å². The summed E-state index contributed by atoms with van der Waals surface area (Å²) in [5.41, 5.74) is 5.40. The van der Waals surface area contributed by atoms with Gasteiger partial charge in [-0.05, 0) is 73.1 Å². The Kier molecular flexibility index (Phi) is 2.54. The molecule has 22 heavy (non-hydrogen) atoms. The van der Waals surface area contributed by atoms with Crippen LogP contribution in [0.3, 0.4) is 0 Å². The Balaban J connectivity index is 1.77. The van der Waals surface area contributed by atoms with E-state index in [-0.39, 0.29) is 0 Å². The van der Waals surface area contributed by atoms with Crippen LogP contribution in [-0.4, -0.2) is 7.11 Å². The topological polar surface area (TPSA) is 9.23 Å². The minimum atomic E-state index is 0.437. The van der Waals surface area contributed by atoms with Crippen LogP contribution in [0.4, 0.5) is 0 Å². The predicted molar refractivity (Wildman–Crippen MR) is 90.5 cm³/mol. The molecule has 1 nitrogen and oxygen atoms in total. The fourth-order valence-corrected chi connectivity index (χ4v) is 5.44. The minimum absolute atomic E-state index is 0.437. The molecule has 1 heteroatoms. The summed E-state index contributed by atoms with van der Waals surface area (Å²) in [5, 5.41) is 2.62. The third-order valence-corrected chi connectivity index (χ3v) is 6.41. The summed E-state index contributed by atoms with van der Waals surface area (Å²) in [7, 11) is 1.78. The monoisotopic (exact) mass is 290 g/mol. The maximum absolute atomic E-state index is 5.62. The molecule has 0 amide bonds. The van der Waals surface area contributed by atoms with Crippen LogP contribution in [0.2, 0.25) is 0 Å². The van der Waals surface area contributed by atoms with Crippen molar-refractivity contribution in [1.29, 1.82) is 0 Å². The first-order valence-electron chi connectivity index (χ1n) is 8.58. The van der Waals surface area contributed by atoms with Crippen LogP contribution in [0.15, 0.2) is 42.0 Å². The molecule has 5 rings (SSSR count). The number of allylic oxidation sites excluding steroid dienone is 2. The number of hydrogen-bond acceptors (Lipinski definition) is 1. The van der Waals surface area contributed by atoms with E-state index >= 15 is 0 Å². The van der Waals surface area contributed by atoms with E-state index in [9.17, 15) is 0 Å². The third-order valence-electron chi connectivity index (χ3n) is 6.41. The molecule has 112 valence electrons. The first-order valence-corrected chi connectivity index (χ1v) is 8.58. The molecule has 0 heterocycles. The number of rotatable bonds is 1. The number of ether oxygens (including phenoxy) is 1. The van der Waals surface area contributed by atoms with Gasteiger partial charge in [-0.25, -0.2) is 0 Å². The summed E-state index contributed by atoms with van der Waals surface area (Å²) < 4.78 is 5.62. The molecular formula is C21H22O. The summed E-state index contributed by atoms with van der Waals surface area (Å²) in [6, 6.07) is 11.3. The first kappa shape index (κ1) is 12.8. The quantitative estimate of drug-likeness (QED) is 0.659. The molecule has 1 spiro atoms. The van der Waals surface area contributed by atoms with E-state index in [1.807, 2.05) is 0 Å². The molecule has 2 atom stereocenters. The van der Waals surface area contributed by atoms with Gasteiger partial charge in [-0.1, -0.05) is 29.8 Å². The average Bonchev–Trinajstić information content (AvgIpc) is 3.14. The second-order valence-corrected chi connectivity index (χ2v) is 7.38. The number of methoxy groups -OCH3 is 1. The smallest absolute Gasteiger partial charge is 0.126 e. The van der Waals surface area contributed by atoms with E-state index in [0.29, 0.717) is 5.41 Å². The summed E-state index contributed by atoms with van der Waals surface area (Å²) in [6.07, 6.45) is 10.4. The van der Waals surface area contributed by atoms with Crippen LogP contribution in [0, 0.1) is 5.92 Å². The molecule has 2 bridgehead atoms.